The topological polar surface area (TPSA) is 26.0 Å². The van der Waals surface area contributed by atoms with E-state index in [1.807, 2.05) is 0 Å². The summed E-state index contributed by atoms with van der Waals surface area (Å²) >= 11 is 0. The fraction of sp³-hybridized carbons (Fsp3) is 0.212. The third-order valence-corrected chi connectivity index (χ3v) is 7.07. The van der Waals surface area contributed by atoms with Crippen LogP contribution >= 0.6 is 0 Å². The van der Waals surface area contributed by atoms with Gasteiger partial charge in [0, 0.05) is 5.69 Å². The van der Waals surface area contributed by atoms with Crippen LogP contribution in [0.5, 0.6) is 0 Å². The van der Waals surface area contributed by atoms with Crippen LogP contribution in [0.15, 0.2) is 72.8 Å². The van der Waals surface area contributed by atoms with E-state index in [9.17, 15) is 0 Å². The second kappa shape index (κ2) is 8.99. The van der Waals surface area contributed by atoms with Gasteiger partial charge in [-0.2, -0.15) is 0 Å². The molecule has 0 spiro atoms. The maximum absolute atomic E-state index is 6.26. The Hall–Kier alpha value is -3.58. The molecule has 4 aromatic rings. The van der Waals surface area contributed by atoms with Gasteiger partial charge in [-0.05, 0) is 114 Å². The van der Waals surface area contributed by atoms with Gasteiger partial charge in [-0.3, -0.25) is 0 Å². The quantitative estimate of drug-likeness (QED) is 0.328. The summed E-state index contributed by atoms with van der Waals surface area (Å²) in [5.41, 5.74) is 18.7. The molecule has 1 aliphatic rings. The van der Waals surface area contributed by atoms with Crippen molar-refractivity contribution in [2.24, 2.45) is 0 Å². The first kappa shape index (κ1) is 22.2. The number of hydrogen-bond acceptors (Lipinski definition) is 1. The van der Waals surface area contributed by atoms with Gasteiger partial charge >= 0.3 is 0 Å². The molecule has 0 aromatic heterocycles. The normalized spacial score (nSPS) is 14.6. The Kier molecular flexibility index (Phi) is 5.87. The Balaban J connectivity index is 1.92. The largest absolute Gasteiger partial charge is 0.399 e. The number of aryl methyl sites for hydroxylation is 2. The van der Waals surface area contributed by atoms with E-state index in [1.54, 1.807) is 0 Å². The average Bonchev–Trinajstić information content (AvgIpc) is 3.69. The Bertz CT molecular complexity index is 1470. The Morgan fingerprint density at radius 3 is 1.79 bits per heavy atom. The Morgan fingerprint density at radius 2 is 1.24 bits per heavy atom. The van der Waals surface area contributed by atoms with Crippen LogP contribution < -0.4 is 16.2 Å². The highest BCUT2D eigenvalue weighted by molar-refractivity contribution is 5.90. The lowest BCUT2D eigenvalue weighted by Crippen LogP contribution is -2.29. The van der Waals surface area contributed by atoms with Crippen molar-refractivity contribution < 1.29 is 0 Å². The minimum Gasteiger partial charge on any atom is -0.399 e. The monoisotopic (exact) mass is 443 g/mol. The summed E-state index contributed by atoms with van der Waals surface area (Å²) in [6, 6.07) is 26.8. The number of nitrogens with two attached hydrogens (primary N) is 1. The summed E-state index contributed by atoms with van der Waals surface area (Å²) in [4.78, 5) is 0. The molecule has 1 heteroatoms. The highest BCUT2D eigenvalue weighted by Crippen LogP contribution is 2.46. The third-order valence-electron chi connectivity index (χ3n) is 7.07. The van der Waals surface area contributed by atoms with E-state index in [1.165, 1.54) is 73.4 Å². The molecule has 0 saturated heterocycles. The minimum atomic E-state index is 0.610. The van der Waals surface area contributed by atoms with E-state index in [4.69, 9.17) is 5.73 Å². The van der Waals surface area contributed by atoms with E-state index < -0.39 is 0 Å². The second-order valence-electron chi connectivity index (χ2n) is 9.60. The molecule has 0 radical (unpaired) electrons. The average molecular weight is 444 g/mol. The molecule has 1 aliphatic carbocycles. The molecule has 1 saturated carbocycles. The molecule has 5 rings (SSSR count). The Labute approximate surface area is 203 Å². The van der Waals surface area contributed by atoms with Gasteiger partial charge in [0.2, 0.25) is 0 Å². The standard InChI is InChI=1S/C33H33N/c1-5-27-28(6-2)33(25-13-9-22(4)10-14-25)32(20-31(27)23-11-7-21(3)8-12-23)29-18-17-26(34)19-30(29)24-15-16-24/h5-14,17-20,24H,15-16,34H2,1-4H3/b27-5+,28-6+. The van der Waals surface area contributed by atoms with Crippen LogP contribution in [-0.4, -0.2) is 0 Å². The summed E-state index contributed by atoms with van der Waals surface area (Å²) in [5.74, 6) is 0.610. The van der Waals surface area contributed by atoms with E-state index >= 15 is 0 Å². The van der Waals surface area contributed by atoms with Gasteiger partial charge < -0.3 is 5.73 Å². The molecular formula is C33H33N. The van der Waals surface area contributed by atoms with E-state index in [0.717, 1.165) is 5.69 Å². The fourth-order valence-corrected chi connectivity index (χ4v) is 5.10. The van der Waals surface area contributed by atoms with Crippen LogP contribution in [0.2, 0.25) is 0 Å². The van der Waals surface area contributed by atoms with E-state index in [0.29, 0.717) is 5.92 Å². The van der Waals surface area contributed by atoms with Crippen LogP contribution in [0.25, 0.3) is 45.5 Å². The lowest BCUT2D eigenvalue weighted by molar-refractivity contribution is 1.13. The van der Waals surface area contributed by atoms with Gasteiger partial charge in [-0.1, -0.05) is 77.9 Å². The highest BCUT2D eigenvalue weighted by atomic mass is 14.5. The zero-order valence-corrected chi connectivity index (χ0v) is 20.7. The molecule has 1 fully saturated rings. The third kappa shape index (κ3) is 4.07. The molecule has 0 atom stereocenters. The zero-order valence-electron chi connectivity index (χ0n) is 20.7. The molecular weight excluding hydrogens is 410 g/mol. The number of anilines is 1. The fourth-order valence-electron chi connectivity index (χ4n) is 5.10. The lowest BCUT2D eigenvalue weighted by Gasteiger charge is -2.19. The first-order valence-electron chi connectivity index (χ1n) is 12.3. The SMILES string of the molecule is C/C=c1/c(-c2ccc(C)cc2)cc(-c2ccc(N)cc2C2CC2)c(-c2ccc(C)cc2)/c1=C/C. The smallest absolute Gasteiger partial charge is 0.0317 e. The van der Waals surface area contributed by atoms with Crippen molar-refractivity contribution in [2.45, 2.75) is 46.5 Å². The summed E-state index contributed by atoms with van der Waals surface area (Å²) < 4.78 is 0. The van der Waals surface area contributed by atoms with Crippen molar-refractivity contribution in [3.63, 3.8) is 0 Å². The molecule has 2 N–H and O–H groups in total. The van der Waals surface area contributed by atoms with Gasteiger partial charge in [-0.15, -0.1) is 0 Å². The Morgan fingerprint density at radius 1 is 0.647 bits per heavy atom. The number of benzene rings is 4. The molecule has 34 heavy (non-hydrogen) atoms. The molecule has 1 nitrogen and oxygen atoms in total. The van der Waals surface area contributed by atoms with Crippen molar-refractivity contribution in [3.8, 4) is 33.4 Å². The van der Waals surface area contributed by atoms with Gasteiger partial charge in [0.25, 0.3) is 0 Å². The molecule has 4 aromatic carbocycles. The highest BCUT2D eigenvalue weighted by Gasteiger charge is 2.28. The van der Waals surface area contributed by atoms with Crippen molar-refractivity contribution in [3.05, 3.63) is 99.9 Å². The van der Waals surface area contributed by atoms with Crippen molar-refractivity contribution in [1.82, 2.24) is 0 Å². The number of rotatable bonds is 4. The molecule has 0 amide bonds. The maximum Gasteiger partial charge on any atom is 0.0317 e. The van der Waals surface area contributed by atoms with Crippen LogP contribution in [-0.2, 0) is 0 Å². The predicted octanol–water partition coefficient (Wildman–Crippen LogP) is 7.36. The van der Waals surface area contributed by atoms with Gasteiger partial charge in [-0.25, -0.2) is 0 Å². The molecule has 170 valence electrons. The van der Waals surface area contributed by atoms with Crippen LogP contribution in [0.3, 0.4) is 0 Å². The zero-order chi connectivity index (χ0) is 23.8. The van der Waals surface area contributed by atoms with Crippen molar-refractivity contribution in [1.29, 1.82) is 0 Å². The van der Waals surface area contributed by atoms with Gasteiger partial charge in [0.05, 0.1) is 0 Å². The van der Waals surface area contributed by atoms with Crippen LogP contribution in [0.4, 0.5) is 5.69 Å². The number of nitrogen functional groups attached to an aromatic ring is 1. The first-order valence-corrected chi connectivity index (χ1v) is 12.3. The minimum absolute atomic E-state index is 0.610. The first-order chi connectivity index (χ1) is 16.5. The summed E-state index contributed by atoms with van der Waals surface area (Å²) in [5, 5.41) is 2.58. The van der Waals surface area contributed by atoms with Crippen molar-refractivity contribution in [2.75, 3.05) is 5.73 Å². The lowest BCUT2D eigenvalue weighted by atomic mass is 9.85. The van der Waals surface area contributed by atoms with E-state index in [-0.39, 0.29) is 0 Å². The van der Waals surface area contributed by atoms with Gasteiger partial charge in [0.15, 0.2) is 0 Å². The molecule has 0 unspecified atom stereocenters. The molecule has 0 aliphatic heterocycles. The molecule has 0 bridgehead atoms. The number of hydrogen-bond donors (Lipinski definition) is 1. The summed E-state index contributed by atoms with van der Waals surface area (Å²) in [6.45, 7) is 8.60. The summed E-state index contributed by atoms with van der Waals surface area (Å²) in [7, 11) is 0. The predicted molar refractivity (Wildman–Crippen MR) is 148 cm³/mol. The summed E-state index contributed by atoms with van der Waals surface area (Å²) in [6.07, 6.45) is 7.03. The van der Waals surface area contributed by atoms with Crippen LogP contribution in [0, 0.1) is 13.8 Å². The maximum atomic E-state index is 6.26. The van der Waals surface area contributed by atoms with E-state index in [2.05, 4.69) is 113 Å². The molecule has 0 heterocycles. The second-order valence-corrected chi connectivity index (χ2v) is 9.60. The van der Waals surface area contributed by atoms with Crippen molar-refractivity contribution >= 4 is 17.8 Å². The van der Waals surface area contributed by atoms with Crippen LogP contribution in [0.1, 0.15) is 49.3 Å². The van der Waals surface area contributed by atoms with Gasteiger partial charge in [0.1, 0.15) is 0 Å².